The minimum Gasteiger partial charge on any atom is -0.391 e. The molecule has 1 amide bonds. The summed E-state index contributed by atoms with van der Waals surface area (Å²) in [6.45, 7) is 13.8. The molecule has 2 atom stereocenters. The highest BCUT2D eigenvalue weighted by atomic mass is 28.3. The fourth-order valence-electron chi connectivity index (χ4n) is 4.48. The molecule has 0 radical (unpaired) electrons. The van der Waals surface area contributed by atoms with Gasteiger partial charge in [-0.05, 0) is 12.5 Å². The Balaban J connectivity index is 2.96. The lowest BCUT2D eigenvalue weighted by Gasteiger charge is -2.45. The van der Waals surface area contributed by atoms with Crippen LogP contribution in [0.5, 0.6) is 0 Å². The Morgan fingerprint density at radius 3 is 2.05 bits per heavy atom. The van der Waals surface area contributed by atoms with Crippen molar-refractivity contribution in [1.29, 1.82) is 0 Å². The van der Waals surface area contributed by atoms with E-state index in [9.17, 15) is 9.90 Å². The third-order valence-electron chi connectivity index (χ3n) is 5.63. The molecule has 1 aliphatic rings. The van der Waals surface area contributed by atoms with Crippen LogP contribution in [0, 0.1) is 0 Å². The summed E-state index contributed by atoms with van der Waals surface area (Å²) in [5.41, 5.74) is 1.83. The molecule has 0 aromatic rings. The van der Waals surface area contributed by atoms with E-state index in [1.807, 2.05) is 0 Å². The van der Waals surface area contributed by atoms with Gasteiger partial charge >= 0.3 is 0 Å². The summed E-state index contributed by atoms with van der Waals surface area (Å²) in [5, 5.41) is 12.2. The Labute approximate surface area is 130 Å². The van der Waals surface area contributed by atoms with E-state index in [1.165, 1.54) is 12.2 Å². The second kappa shape index (κ2) is 7.25. The van der Waals surface area contributed by atoms with E-state index >= 15 is 0 Å². The van der Waals surface area contributed by atoms with Crippen molar-refractivity contribution in [3.05, 3.63) is 0 Å². The van der Waals surface area contributed by atoms with Crippen molar-refractivity contribution in [2.45, 2.75) is 89.2 Å². The van der Waals surface area contributed by atoms with Gasteiger partial charge in [0.15, 0.2) is 0 Å². The van der Waals surface area contributed by atoms with Gasteiger partial charge in [-0.25, -0.2) is 5.06 Å². The molecule has 0 unspecified atom stereocenters. The number of aliphatic hydroxyl groups is 1. The van der Waals surface area contributed by atoms with E-state index in [0.29, 0.717) is 29.5 Å². The van der Waals surface area contributed by atoms with E-state index in [2.05, 4.69) is 41.5 Å². The van der Waals surface area contributed by atoms with E-state index in [4.69, 9.17) is 4.84 Å². The number of carbonyl (C=O) groups is 1. The largest absolute Gasteiger partial charge is 0.391 e. The summed E-state index contributed by atoms with van der Waals surface area (Å²) in [5.74, 6) is -0.00698. The summed E-state index contributed by atoms with van der Waals surface area (Å²) in [7, 11) is -0.151. The van der Waals surface area contributed by atoms with E-state index in [0.717, 1.165) is 6.04 Å². The van der Waals surface area contributed by atoms with Gasteiger partial charge in [-0.3, -0.25) is 9.63 Å². The molecule has 0 saturated carbocycles. The second-order valence-electron chi connectivity index (χ2n) is 7.36. The Hall–Kier alpha value is -0.393. The highest BCUT2D eigenvalue weighted by Crippen LogP contribution is 2.46. The zero-order valence-corrected chi connectivity index (χ0v) is 15.7. The molecule has 1 heterocycles. The highest BCUT2D eigenvalue weighted by Gasteiger charge is 2.47. The molecule has 21 heavy (non-hydrogen) atoms. The first-order chi connectivity index (χ1) is 9.68. The standard InChI is InChI=1S/C16H33NO3Si/c1-11(2)21(12(3)4,13(5)6)10-15(18)14-8-9-16(19)17(14)20-7/h11-15,18H,8-10H2,1-7H3/t14-,15+/m1/s1. The molecule has 4 nitrogen and oxygen atoms in total. The quantitative estimate of drug-likeness (QED) is 0.731. The number of rotatable bonds is 7. The maximum Gasteiger partial charge on any atom is 0.246 e. The molecule has 0 bridgehead atoms. The van der Waals surface area contributed by atoms with E-state index in [1.54, 1.807) is 0 Å². The SMILES string of the molecule is CON1C(=O)CC[C@@H]1[C@@H](O)C[Si](C(C)C)(C(C)C)C(C)C. The van der Waals surface area contributed by atoms with Crippen molar-refractivity contribution in [3.8, 4) is 0 Å². The van der Waals surface area contributed by atoms with Crippen LogP contribution in [-0.4, -0.2) is 43.4 Å². The third kappa shape index (κ3) is 3.51. The summed E-state index contributed by atoms with van der Waals surface area (Å²) >= 11 is 0. The van der Waals surface area contributed by atoms with E-state index in [-0.39, 0.29) is 11.9 Å². The zero-order chi connectivity index (χ0) is 16.4. The van der Waals surface area contributed by atoms with Crippen molar-refractivity contribution >= 4 is 14.0 Å². The number of hydrogen-bond acceptors (Lipinski definition) is 3. The van der Waals surface area contributed by atoms with Crippen LogP contribution >= 0.6 is 0 Å². The van der Waals surface area contributed by atoms with Gasteiger partial charge in [0.1, 0.15) is 0 Å². The van der Waals surface area contributed by atoms with Crippen LogP contribution in [0.25, 0.3) is 0 Å². The molecule has 0 aromatic carbocycles. The summed E-state index contributed by atoms with van der Waals surface area (Å²) in [6.07, 6.45) is 0.706. The van der Waals surface area contributed by atoms with Gasteiger partial charge in [-0.15, -0.1) is 0 Å². The molecule has 0 aromatic heterocycles. The fourth-order valence-corrected chi connectivity index (χ4v) is 10.9. The number of hydrogen-bond donors (Lipinski definition) is 1. The second-order valence-corrected chi connectivity index (χ2v) is 13.5. The lowest BCUT2D eigenvalue weighted by atomic mass is 10.1. The number of hydroxylamine groups is 2. The topological polar surface area (TPSA) is 49.8 Å². The zero-order valence-electron chi connectivity index (χ0n) is 14.7. The molecule has 0 aliphatic carbocycles. The molecule has 1 aliphatic heterocycles. The van der Waals surface area contributed by atoms with Crippen LogP contribution in [0.3, 0.4) is 0 Å². The van der Waals surface area contributed by atoms with Crippen LogP contribution in [0.4, 0.5) is 0 Å². The smallest absolute Gasteiger partial charge is 0.246 e. The Bertz CT molecular complexity index is 336. The first-order valence-corrected chi connectivity index (χ1v) is 10.7. The van der Waals surface area contributed by atoms with Crippen molar-refractivity contribution in [3.63, 3.8) is 0 Å². The first kappa shape index (κ1) is 18.7. The van der Waals surface area contributed by atoms with E-state index < -0.39 is 14.2 Å². The number of nitrogens with zero attached hydrogens (tertiary/aromatic N) is 1. The van der Waals surface area contributed by atoms with Crippen LogP contribution in [0.15, 0.2) is 0 Å². The van der Waals surface area contributed by atoms with Crippen molar-refractivity contribution < 1.29 is 14.7 Å². The van der Waals surface area contributed by atoms with Crippen LogP contribution < -0.4 is 0 Å². The molecular weight excluding hydrogens is 282 g/mol. The summed E-state index contributed by atoms with van der Waals surface area (Å²) in [4.78, 5) is 17.0. The normalized spacial score (nSPS) is 22.0. The molecule has 1 N–H and O–H groups in total. The maximum atomic E-state index is 11.8. The average Bonchev–Trinajstić information content (AvgIpc) is 2.75. The van der Waals surface area contributed by atoms with Gasteiger partial charge in [0.05, 0.1) is 27.3 Å². The van der Waals surface area contributed by atoms with Crippen molar-refractivity contribution in [1.82, 2.24) is 5.06 Å². The highest BCUT2D eigenvalue weighted by molar-refractivity contribution is 6.83. The summed E-state index contributed by atoms with van der Waals surface area (Å²) < 4.78 is 0. The van der Waals surface area contributed by atoms with Crippen LogP contribution in [0.1, 0.15) is 54.4 Å². The first-order valence-electron chi connectivity index (χ1n) is 8.22. The van der Waals surface area contributed by atoms with Gasteiger partial charge in [0, 0.05) is 6.42 Å². The monoisotopic (exact) mass is 315 g/mol. The van der Waals surface area contributed by atoms with Gasteiger partial charge in [-0.1, -0.05) is 58.2 Å². The Morgan fingerprint density at radius 2 is 1.67 bits per heavy atom. The summed E-state index contributed by atoms with van der Waals surface area (Å²) in [6, 6.07) is 0.670. The molecule has 124 valence electrons. The Morgan fingerprint density at radius 1 is 1.19 bits per heavy atom. The molecule has 1 saturated heterocycles. The van der Waals surface area contributed by atoms with Crippen molar-refractivity contribution in [2.24, 2.45) is 0 Å². The number of amides is 1. The van der Waals surface area contributed by atoms with Gasteiger partial charge in [0.25, 0.3) is 0 Å². The Kier molecular flexibility index (Phi) is 6.44. The molecule has 5 heteroatoms. The minimum absolute atomic E-state index is 0.00698. The van der Waals surface area contributed by atoms with Gasteiger partial charge < -0.3 is 5.11 Å². The predicted octanol–water partition coefficient (Wildman–Crippen LogP) is 3.58. The number of carbonyl (C=O) groups excluding carboxylic acids is 1. The van der Waals surface area contributed by atoms with Crippen LogP contribution in [-0.2, 0) is 9.63 Å². The average molecular weight is 316 g/mol. The van der Waals surface area contributed by atoms with Crippen LogP contribution in [0.2, 0.25) is 22.7 Å². The number of aliphatic hydroxyl groups excluding tert-OH is 1. The maximum absolute atomic E-state index is 11.8. The minimum atomic E-state index is -1.67. The predicted molar refractivity (Wildman–Crippen MR) is 88.7 cm³/mol. The molecular formula is C16H33NO3Si. The lowest BCUT2D eigenvalue weighted by Crippen LogP contribution is -2.51. The molecule has 1 rings (SSSR count). The van der Waals surface area contributed by atoms with Gasteiger partial charge in [0.2, 0.25) is 5.91 Å². The molecule has 0 spiro atoms. The van der Waals surface area contributed by atoms with Gasteiger partial charge in [-0.2, -0.15) is 0 Å². The fraction of sp³-hybridized carbons (Fsp3) is 0.938. The van der Waals surface area contributed by atoms with Crippen molar-refractivity contribution in [2.75, 3.05) is 7.11 Å². The molecule has 1 fully saturated rings. The lowest BCUT2D eigenvalue weighted by molar-refractivity contribution is -0.185. The third-order valence-corrected chi connectivity index (χ3v) is 13.2.